The van der Waals surface area contributed by atoms with Crippen LogP contribution in [0.25, 0.3) is 0 Å². The summed E-state index contributed by atoms with van der Waals surface area (Å²) < 4.78 is 114. The highest BCUT2D eigenvalue weighted by Gasteiger charge is 2.38. The minimum atomic E-state index is -3.39. The van der Waals surface area contributed by atoms with Gasteiger partial charge in [-0.25, -0.2) is 0 Å². The molecule has 1 aromatic carbocycles. The van der Waals surface area contributed by atoms with Crippen molar-refractivity contribution in [3.05, 3.63) is 23.2 Å². The van der Waals surface area contributed by atoms with Crippen LogP contribution in [-0.4, -0.2) is 37.9 Å². The number of Topliss-reactive ketones (excluding diaryl/α,β-unsaturated/α-hetero) is 1. The lowest BCUT2D eigenvalue weighted by molar-refractivity contribution is -0.129. The van der Waals surface area contributed by atoms with E-state index in [0.717, 1.165) is 6.92 Å². The second kappa shape index (κ2) is 7.14. The molecule has 1 aromatic rings. The summed E-state index contributed by atoms with van der Waals surface area (Å²) in [4.78, 5) is 15.0. The quantitative estimate of drug-likeness (QED) is 0.818. The van der Waals surface area contributed by atoms with Crippen LogP contribution >= 0.6 is 0 Å². The fourth-order valence-corrected chi connectivity index (χ4v) is 3.30. The molecule has 0 aliphatic carbocycles. The minimum absolute atomic E-state index is 0.127. The Morgan fingerprint density at radius 1 is 1.50 bits per heavy atom. The summed E-state index contributed by atoms with van der Waals surface area (Å²) in [7, 11) is -1.72. The summed E-state index contributed by atoms with van der Waals surface area (Å²) in [5.41, 5.74) is 0.528. The lowest BCUT2D eigenvalue weighted by Crippen LogP contribution is -2.46. The summed E-state index contributed by atoms with van der Waals surface area (Å²) >= 11 is 0. The molecule has 3 unspecified atom stereocenters. The van der Waals surface area contributed by atoms with Crippen molar-refractivity contribution >= 4 is 5.78 Å². The first kappa shape index (κ1) is 7.36. The third-order valence-electron chi connectivity index (χ3n) is 4.54. The first-order valence-electron chi connectivity index (χ1n) is 14.3. The van der Waals surface area contributed by atoms with Crippen LogP contribution in [0.5, 0.6) is 11.5 Å². The molecule has 2 heterocycles. The molecule has 0 radical (unpaired) electrons. The van der Waals surface area contributed by atoms with Gasteiger partial charge in [-0.05, 0) is 41.9 Å². The molecule has 1 saturated heterocycles. The number of ketones is 1. The second-order valence-corrected chi connectivity index (χ2v) is 5.86. The van der Waals surface area contributed by atoms with Gasteiger partial charge in [0, 0.05) is 42.4 Å². The molecule has 0 spiro atoms. The van der Waals surface area contributed by atoms with Gasteiger partial charge in [-0.3, -0.25) is 9.69 Å². The fourth-order valence-electron chi connectivity index (χ4n) is 3.30. The van der Waals surface area contributed by atoms with Crippen LogP contribution in [0.15, 0.2) is 12.1 Å². The van der Waals surface area contributed by atoms with Gasteiger partial charge in [-0.1, -0.05) is 20.1 Å². The average Bonchev–Trinajstić information content (AvgIpc) is 2.73. The highest BCUT2D eigenvalue weighted by Crippen LogP contribution is 2.42. The van der Waals surface area contributed by atoms with E-state index in [0.29, 0.717) is 5.56 Å². The van der Waals surface area contributed by atoms with Crippen molar-refractivity contribution in [2.75, 3.05) is 27.2 Å². The first-order chi connectivity index (χ1) is 16.6. The Kier molecular flexibility index (Phi) is 2.19. The molecule has 0 N–H and O–H groups in total. The van der Waals surface area contributed by atoms with Crippen LogP contribution in [0.1, 0.15) is 67.9 Å². The zero-order chi connectivity index (χ0) is 28.5. The number of hydrogen-bond donors (Lipinski definition) is 0. The third kappa shape index (κ3) is 3.16. The molecule has 24 heavy (non-hydrogen) atoms. The first-order valence-corrected chi connectivity index (χ1v) is 7.76. The molecule has 132 valence electrons. The standard InChI is InChI=1S/C20H29NO3/c1-5-13(2)8-15-12-21-7-6-14-9-19(23-3)20(24-4)10-16(14)17(21)11-18(15)22/h9-10,13,15,17H,5-8,11-12H2,1-4H3/i2D3,3D3,5D2,8D2,9D,10D,13D. The maximum absolute atomic E-state index is 13.3. The van der Waals surface area contributed by atoms with Crippen LogP contribution in [0.3, 0.4) is 0 Å². The molecular weight excluding hydrogens is 302 g/mol. The summed E-state index contributed by atoms with van der Waals surface area (Å²) in [6, 6.07) is -1.38. The van der Waals surface area contributed by atoms with Crippen molar-refractivity contribution in [3.8, 4) is 11.5 Å². The Labute approximate surface area is 163 Å². The van der Waals surface area contributed by atoms with E-state index in [1.54, 1.807) is 4.90 Å². The topological polar surface area (TPSA) is 38.8 Å². The predicted octanol–water partition coefficient (Wildman–Crippen LogP) is 3.63. The van der Waals surface area contributed by atoms with Crippen LogP contribution in [-0.2, 0) is 11.2 Å². The van der Waals surface area contributed by atoms with Crippen molar-refractivity contribution in [3.63, 3.8) is 0 Å². The third-order valence-corrected chi connectivity index (χ3v) is 4.54. The van der Waals surface area contributed by atoms with Crippen LogP contribution in [0, 0.1) is 11.8 Å². The summed E-state index contributed by atoms with van der Waals surface area (Å²) in [6.45, 7) is -2.74. The van der Waals surface area contributed by atoms with Crippen molar-refractivity contribution in [2.45, 2.75) is 45.4 Å². The van der Waals surface area contributed by atoms with Crippen molar-refractivity contribution in [1.82, 2.24) is 4.90 Å². The zero-order valence-corrected chi connectivity index (χ0v) is 13.7. The number of carbonyl (C=O) groups excluding carboxylic acids is 1. The molecule has 2 aliphatic heterocycles. The van der Waals surface area contributed by atoms with E-state index in [1.807, 2.05) is 0 Å². The molecule has 0 saturated carbocycles. The van der Waals surface area contributed by atoms with Gasteiger partial charge >= 0.3 is 0 Å². The number of carbonyl (C=O) groups is 1. The molecule has 3 rings (SSSR count). The van der Waals surface area contributed by atoms with Crippen LogP contribution in [0.4, 0.5) is 0 Å². The van der Waals surface area contributed by atoms with Gasteiger partial charge in [0.1, 0.15) is 5.78 Å². The van der Waals surface area contributed by atoms with Gasteiger partial charge in [-0.2, -0.15) is 0 Å². The Balaban J connectivity index is 2.08. The van der Waals surface area contributed by atoms with Gasteiger partial charge in [0.2, 0.25) is 0 Å². The smallest absolute Gasteiger partial charge is 0.161 e. The SMILES string of the molecule is [2H]c1c2c(c([2H])c(OC)c1OC([2H])([2H])[2H])C1CC(=O)C(C([2H])([2H])C([2H])(C([2H])([2H])[2H])C([2H])([2H])C)CN1CC2. The molecular formula is C20H29NO3. The van der Waals surface area contributed by atoms with E-state index in [-0.39, 0.29) is 49.3 Å². The largest absolute Gasteiger partial charge is 0.493 e. The number of methoxy groups -OCH3 is 2. The minimum Gasteiger partial charge on any atom is -0.493 e. The van der Waals surface area contributed by atoms with E-state index in [4.69, 9.17) is 27.3 Å². The monoisotopic (exact) mass is 344 g/mol. The normalized spacial score (nSPS) is 36.4. The van der Waals surface area contributed by atoms with Gasteiger partial charge in [0.05, 0.1) is 21.0 Å². The van der Waals surface area contributed by atoms with E-state index in [1.165, 1.54) is 7.11 Å². The van der Waals surface area contributed by atoms with E-state index < -0.39 is 56.0 Å². The molecule has 0 amide bonds. The van der Waals surface area contributed by atoms with E-state index in [9.17, 15) is 4.79 Å². The van der Waals surface area contributed by atoms with Gasteiger partial charge in [0.15, 0.2) is 11.5 Å². The maximum atomic E-state index is 13.3. The summed E-state index contributed by atoms with van der Waals surface area (Å²) in [5, 5.41) is 0. The van der Waals surface area contributed by atoms with Crippen LogP contribution in [0.2, 0.25) is 0 Å². The number of ether oxygens (including phenoxy) is 2. The highest BCUT2D eigenvalue weighted by atomic mass is 16.5. The zero-order valence-electron chi connectivity index (χ0n) is 26.7. The average molecular weight is 345 g/mol. The fraction of sp³-hybridized carbons (Fsp3) is 0.650. The van der Waals surface area contributed by atoms with Gasteiger partial charge in [-0.15, -0.1) is 0 Å². The highest BCUT2D eigenvalue weighted by molar-refractivity contribution is 5.83. The number of fused-ring (bicyclic) bond motifs is 3. The lowest BCUT2D eigenvalue weighted by Gasteiger charge is -2.43. The van der Waals surface area contributed by atoms with E-state index >= 15 is 0 Å². The Morgan fingerprint density at radius 2 is 2.33 bits per heavy atom. The molecule has 3 atom stereocenters. The second-order valence-electron chi connectivity index (χ2n) is 5.86. The molecule has 2 aliphatic rings. The lowest BCUT2D eigenvalue weighted by atomic mass is 9.79. The van der Waals surface area contributed by atoms with Gasteiger partial charge in [0.25, 0.3) is 0 Å². The van der Waals surface area contributed by atoms with Crippen molar-refractivity contribution in [1.29, 1.82) is 0 Å². The molecule has 0 aromatic heterocycles. The number of piperidine rings is 1. The molecule has 4 heteroatoms. The maximum Gasteiger partial charge on any atom is 0.161 e. The Morgan fingerprint density at radius 3 is 3.04 bits per heavy atom. The summed E-state index contributed by atoms with van der Waals surface area (Å²) in [6.07, 6.45) is -6.16. The van der Waals surface area contributed by atoms with E-state index in [2.05, 4.69) is 0 Å². The van der Waals surface area contributed by atoms with Gasteiger partial charge < -0.3 is 9.47 Å². The predicted molar refractivity (Wildman–Crippen MR) is 94.8 cm³/mol. The summed E-state index contributed by atoms with van der Waals surface area (Å²) in [5.74, 6) is -6.34. The number of nitrogens with zero attached hydrogens (tertiary/aromatic N) is 1. The number of rotatable bonds is 5. The number of hydrogen-bond acceptors (Lipinski definition) is 4. The molecule has 4 nitrogen and oxygen atoms in total. The molecule has 0 bridgehead atoms. The Bertz CT molecular complexity index is 1060. The van der Waals surface area contributed by atoms with Crippen molar-refractivity contribution < 1.29 is 32.1 Å². The van der Waals surface area contributed by atoms with Crippen molar-refractivity contribution in [2.24, 2.45) is 11.8 Å². The Hall–Kier alpha value is -1.55. The molecule has 1 fully saturated rings. The number of benzene rings is 1. The van der Waals surface area contributed by atoms with Crippen LogP contribution < -0.4 is 9.47 Å².